The van der Waals surface area contributed by atoms with E-state index in [4.69, 9.17) is 4.42 Å². The molecule has 0 fully saturated rings. The van der Waals surface area contributed by atoms with Crippen molar-refractivity contribution in [3.63, 3.8) is 0 Å². The molecule has 2 aromatic heterocycles. The molecule has 0 unspecified atom stereocenters. The fraction of sp³-hybridized carbons (Fsp3) is 0.203. The minimum absolute atomic E-state index is 0.539. The fourth-order valence-corrected chi connectivity index (χ4v) is 17.5. The summed E-state index contributed by atoms with van der Waals surface area (Å²) in [6, 6.07) is 161. The quantitative estimate of drug-likeness (QED) is 0.0997. The molecule has 20 rings (SSSR count). The third-order valence-corrected chi connectivity index (χ3v) is 25.8. The molecule has 0 amide bonds. The highest BCUT2D eigenvalue weighted by atomic mass is 32.1. The van der Waals surface area contributed by atoms with Crippen molar-refractivity contribution in [3.05, 3.63) is 505 Å². The van der Waals surface area contributed by atoms with Crippen molar-refractivity contribution >= 4 is 64.2 Å². The summed E-state index contributed by atoms with van der Waals surface area (Å²) in [4.78, 5) is 0. The van der Waals surface area contributed by atoms with Crippen LogP contribution >= 0.6 is 11.3 Å². The second-order valence-electron chi connectivity index (χ2n) is 37.6. The van der Waals surface area contributed by atoms with Crippen molar-refractivity contribution in [1.29, 1.82) is 0 Å². The Bertz CT molecular complexity index is 6460. The Labute approximate surface area is 812 Å². The normalized spacial score (nSPS) is 10.9. The van der Waals surface area contributed by atoms with E-state index in [1.807, 2.05) is 47.7 Å². The molecule has 1 nitrogen and oxygen atoms in total. The van der Waals surface area contributed by atoms with Crippen LogP contribution in [0.2, 0.25) is 0 Å². The third-order valence-electron chi connectivity index (χ3n) is 24.6. The van der Waals surface area contributed by atoms with Gasteiger partial charge in [0.2, 0.25) is 0 Å². The van der Waals surface area contributed by atoms with Gasteiger partial charge in [0.1, 0.15) is 11.2 Å². The first-order chi connectivity index (χ1) is 65.4. The number of hydrogen-bond acceptors (Lipinski definition) is 2. The maximum absolute atomic E-state index is 5.84. The van der Waals surface area contributed by atoms with Gasteiger partial charge < -0.3 is 4.42 Å². The molecule has 135 heavy (non-hydrogen) atoms. The summed E-state index contributed by atoms with van der Waals surface area (Å²) in [5, 5.41) is 7.92. The number of benzene rings is 18. The molecule has 0 atom stereocenters. The van der Waals surface area contributed by atoms with E-state index in [0.717, 1.165) is 11.2 Å². The second kappa shape index (κ2) is 50.9. The van der Waals surface area contributed by atoms with Crippen LogP contribution in [0.4, 0.5) is 0 Å². The van der Waals surface area contributed by atoms with Crippen LogP contribution in [0.3, 0.4) is 0 Å². The lowest BCUT2D eigenvalue weighted by molar-refractivity contribution is 0.667. The molecule has 0 aliphatic heterocycles. The summed E-state index contributed by atoms with van der Waals surface area (Å²) in [5.74, 6) is 5.32. The third kappa shape index (κ3) is 29.1. The molecule has 0 saturated heterocycles. The number of para-hydroxylation sites is 1. The average Bonchev–Trinajstić information content (AvgIpc) is 1.64. The zero-order valence-corrected chi connectivity index (χ0v) is 83.6. The molecular formula is C133H138OS. The summed E-state index contributed by atoms with van der Waals surface area (Å²) in [6.45, 7) is 40.1. The Morgan fingerprint density at radius 1 is 0.156 bits per heavy atom. The van der Waals surface area contributed by atoms with Gasteiger partial charge in [-0.25, -0.2) is 0 Å². The Kier molecular flexibility index (Phi) is 37.8. The van der Waals surface area contributed by atoms with Gasteiger partial charge in [0.15, 0.2) is 0 Å². The molecule has 20 aromatic rings. The maximum atomic E-state index is 5.84. The van der Waals surface area contributed by atoms with E-state index in [9.17, 15) is 0 Å². The lowest BCUT2D eigenvalue weighted by atomic mass is 9.93. The van der Waals surface area contributed by atoms with Crippen molar-refractivity contribution in [1.82, 2.24) is 0 Å². The molecule has 0 bridgehead atoms. The van der Waals surface area contributed by atoms with Crippen LogP contribution in [-0.4, -0.2) is 0 Å². The number of furan rings is 1. The predicted molar refractivity (Wildman–Crippen MR) is 595 cm³/mol. The van der Waals surface area contributed by atoms with E-state index < -0.39 is 0 Å². The molecule has 18 aromatic carbocycles. The Hall–Kier alpha value is -13.8. The van der Waals surface area contributed by atoms with Gasteiger partial charge in [-0.05, 0) is 205 Å². The summed E-state index contributed by atoms with van der Waals surface area (Å²) in [5.41, 5.74) is 30.2. The summed E-state index contributed by atoms with van der Waals surface area (Å²) in [6.07, 6.45) is 0. The molecule has 0 spiro atoms. The van der Waals surface area contributed by atoms with Crippen LogP contribution < -0.4 is 0 Å². The minimum atomic E-state index is 0.539. The van der Waals surface area contributed by atoms with Gasteiger partial charge in [-0.3, -0.25) is 0 Å². The first-order valence-electron chi connectivity index (χ1n) is 48.7. The number of hydrogen-bond donors (Lipinski definition) is 0. The summed E-state index contributed by atoms with van der Waals surface area (Å²) < 4.78 is 8.64. The van der Waals surface area contributed by atoms with Gasteiger partial charge >= 0.3 is 0 Å². The van der Waals surface area contributed by atoms with Crippen LogP contribution in [0, 0.1) is 0 Å². The molecule has 2 heteroatoms. The maximum Gasteiger partial charge on any atom is 0.135 e. The molecular weight excluding hydrogens is 1650 g/mol. The largest absolute Gasteiger partial charge is 0.456 e. The average molecular weight is 1780 g/mol. The zero-order valence-electron chi connectivity index (χ0n) is 82.8. The molecule has 682 valence electrons. The number of rotatable bonds is 15. The van der Waals surface area contributed by atoms with Crippen molar-refractivity contribution in [2.45, 2.75) is 178 Å². The number of thiophene rings is 1. The van der Waals surface area contributed by atoms with Gasteiger partial charge in [0, 0.05) is 30.9 Å². The predicted octanol–water partition coefficient (Wildman–Crippen LogP) is 40.7. The van der Waals surface area contributed by atoms with E-state index in [-0.39, 0.29) is 0 Å². The van der Waals surface area contributed by atoms with E-state index in [0.29, 0.717) is 53.3 Å². The monoisotopic (exact) mass is 1780 g/mol. The fourth-order valence-electron chi connectivity index (χ4n) is 16.3. The molecule has 0 aliphatic carbocycles. The van der Waals surface area contributed by atoms with Crippen LogP contribution in [0.25, 0.3) is 120 Å². The van der Waals surface area contributed by atoms with E-state index in [2.05, 4.69) is 543 Å². The first kappa shape index (κ1) is 100. The lowest BCUT2D eigenvalue weighted by Crippen LogP contribution is -1.91. The van der Waals surface area contributed by atoms with Gasteiger partial charge in [-0.1, -0.05) is 555 Å². The standard InChI is InChI=1S/C15H14O.C15H14S.6C15H16.C13H14/c2*1-10(2)11-7-8-13-12-5-3-4-6-14(12)16-15(13)9-11;1-12(2)14-10-6-7-11-15(14)13-8-4-3-5-9-13;2*1-12(2)14-9-6-10-15(11-14)13-7-4-3-5-8-13;3*1-12(2)13-8-10-15(11-9-13)14-6-4-3-5-7-14;1-10(2)12-9-5-7-11-6-3-4-8-13(11)12/h2*3-10H,1-2H3;6*3-12H,1-2H3;3-10H,1-2H3. The second-order valence-corrected chi connectivity index (χ2v) is 38.7. The van der Waals surface area contributed by atoms with E-state index in [1.165, 1.54) is 159 Å². The molecule has 0 aliphatic rings. The highest BCUT2D eigenvalue weighted by molar-refractivity contribution is 7.25. The molecule has 0 N–H and O–H groups in total. The highest BCUT2D eigenvalue weighted by Gasteiger charge is 2.13. The smallest absolute Gasteiger partial charge is 0.135 e. The van der Waals surface area contributed by atoms with Gasteiger partial charge in [-0.2, -0.15) is 0 Å². The van der Waals surface area contributed by atoms with Crippen LogP contribution in [0.15, 0.2) is 459 Å². The van der Waals surface area contributed by atoms with Crippen molar-refractivity contribution in [3.8, 4) is 66.8 Å². The SMILES string of the molecule is CC(C)c1ccc(-c2ccccc2)cc1.CC(C)c1ccc(-c2ccccc2)cc1.CC(C)c1ccc(-c2ccccc2)cc1.CC(C)c1ccc2c(c1)oc1ccccc12.CC(C)c1ccc2c(c1)sc1ccccc12.CC(C)c1cccc(-c2ccccc2)c1.CC(C)c1cccc(-c2ccccc2)c1.CC(C)c1cccc2ccccc12.CC(C)c1ccccc1-c1ccccc1. The zero-order chi connectivity index (χ0) is 95.5. The molecule has 2 heterocycles. The topological polar surface area (TPSA) is 13.1 Å². The Balaban J connectivity index is 0.000000137. The highest BCUT2D eigenvalue weighted by Crippen LogP contribution is 2.38. The van der Waals surface area contributed by atoms with Crippen LogP contribution in [-0.2, 0) is 0 Å². The molecule has 0 radical (unpaired) electrons. The lowest BCUT2D eigenvalue weighted by Gasteiger charge is -2.12. The van der Waals surface area contributed by atoms with Crippen molar-refractivity contribution < 1.29 is 4.42 Å². The first-order valence-corrected chi connectivity index (χ1v) is 49.5. The van der Waals surface area contributed by atoms with Crippen molar-refractivity contribution in [2.75, 3.05) is 0 Å². The Morgan fingerprint density at radius 3 is 0.844 bits per heavy atom. The summed E-state index contributed by atoms with van der Waals surface area (Å²) >= 11 is 1.89. The van der Waals surface area contributed by atoms with E-state index >= 15 is 0 Å². The van der Waals surface area contributed by atoms with E-state index in [1.54, 1.807) is 0 Å². The van der Waals surface area contributed by atoms with Crippen LogP contribution in [0.1, 0.15) is 228 Å². The number of fused-ring (bicyclic) bond motifs is 7. The van der Waals surface area contributed by atoms with Gasteiger partial charge in [0.25, 0.3) is 0 Å². The summed E-state index contributed by atoms with van der Waals surface area (Å²) in [7, 11) is 0. The minimum Gasteiger partial charge on any atom is -0.456 e. The Morgan fingerprint density at radius 2 is 0.430 bits per heavy atom. The van der Waals surface area contributed by atoms with Crippen LogP contribution in [0.5, 0.6) is 0 Å². The van der Waals surface area contributed by atoms with Gasteiger partial charge in [0.05, 0.1) is 0 Å². The van der Waals surface area contributed by atoms with Gasteiger partial charge in [-0.15, -0.1) is 11.3 Å². The van der Waals surface area contributed by atoms with Crippen molar-refractivity contribution in [2.24, 2.45) is 0 Å². The molecule has 0 saturated carbocycles.